The number of nitrogens with zero attached hydrogens (tertiary/aromatic N) is 2. The van der Waals surface area contributed by atoms with Crippen molar-refractivity contribution in [3.63, 3.8) is 0 Å². The molecule has 0 spiro atoms. The summed E-state index contributed by atoms with van der Waals surface area (Å²) in [4.78, 5) is 12.6. The molecular formula is C20H24ClN3O3S. The van der Waals surface area contributed by atoms with Gasteiger partial charge in [-0.15, -0.1) is 0 Å². The lowest BCUT2D eigenvalue weighted by atomic mass is 9.86. The number of hydrogen-bond acceptors (Lipinski definition) is 4. The van der Waals surface area contributed by atoms with Crippen LogP contribution in [-0.2, 0) is 26.1 Å². The first kappa shape index (κ1) is 19.5. The van der Waals surface area contributed by atoms with Crippen molar-refractivity contribution in [3.05, 3.63) is 40.5 Å². The Morgan fingerprint density at radius 2 is 1.86 bits per heavy atom. The second-order valence-electron chi connectivity index (χ2n) is 7.79. The third-order valence-electron chi connectivity index (χ3n) is 5.62. The highest BCUT2D eigenvalue weighted by molar-refractivity contribution is 7.90. The Balaban J connectivity index is 1.56. The molecule has 0 saturated heterocycles. The molecular weight excluding hydrogens is 398 g/mol. The molecule has 0 radical (unpaired) electrons. The van der Waals surface area contributed by atoms with Gasteiger partial charge in [0, 0.05) is 17.0 Å². The predicted octanol–water partition coefficient (Wildman–Crippen LogP) is 4.25. The van der Waals surface area contributed by atoms with Crippen molar-refractivity contribution in [2.24, 2.45) is 5.92 Å². The lowest BCUT2D eigenvalue weighted by Gasteiger charge is -2.21. The summed E-state index contributed by atoms with van der Waals surface area (Å²) in [6, 6.07) is 7.09. The normalized spacial score (nSPS) is 18.8. The van der Waals surface area contributed by atoms with Crippen LogP contribution >= 0.6 is 11.6 Å². The van der Waals surface area contributed by atoms with Crippen LogP contribution in [0.25, 0.3) is 5.69 Å². The third-order valence-corrected chi connectivity index (χ3v) is 7.31. The van der Waals surface area contributed by atoms with Gasteiger partial charge in [0.2, 0.25) is 5.91 Å². The van der Waals surface area contributed by atoms with Gasteiger partial charge in [0.25, 0.3) is 0 Å². The van der Waals surface area contributed by atoms with E-state index < -0.39 is 9.84 Å². The first-order valence-electron chi connectivity index (χ1n) is 9.78. The molecule has 1 N–H and O–H groups in total. The monoisotopic (exact) mass is 421 g/mol. The van der Waals surface area contributed by atoms with Crippen LogP contribution in [0.5, 0.6) is 0 Å². The number of rotatable bonds is 5. The fourth-order valence-corrected chi connectivity index (χ4v) is 5.77. The summed E-state index contributed by atoms with van der Waals surface area (Å²) in [6.45, 7) is 0. The number of carbonyl (C=O) groups excluding carboxylic acids is 1. The summed E-state index contributed by atoms with van der Waals surface area (Å²) >= 11 is 5.97. The van der Waals surface area contributed by atoms with Crippen molar-refractivity contribution in [3.8, 4) is 5.69 Å². The van der Waals surface area contributed by atoms with Gasteiger partial charge < -0.3 is 5.32 Å². The van der Waals surface area contributed by atoms with Crippen LogP contribution in [0.1, 0.15) is 56.2 Å². The van der Waals surface area contributed by atoms with Crippen molar-refractivity contribution in [1.29, 1.82) is 0 Å². The van der Waals surface area contributed by atoms with Gasteiger partial charge in [-0.05, 0) is 36.6 Å². The first-order valence-corrected chi connectivity index (χ1v) is 12.0. The number of benzene rings is 1. The van der Waals surface area contributed by atoms with E-state index in [9.17, 15) is 13.2 Å². The van der Waals surface area contributed by atoms with Gasteiger partial charge in [-0.1, -0.05) is 43.7 Å². The predicted molar refractivity (Wildman–Crippen MR) is 109 cm³/mol. The number of sulfone groups is 1. The molecule has 0 bridgehead atoms. The van der Waals surface area contributed by atoms with Crippen molar-refractivity contribution in [2.75, 3.05) is 5.32 Å². The van der Waals surface area contributed by atoms with Gasteiger partial charge in [-0.25, -0.2) is 13.1 Å². The van der Waals surface area contributed by atoms with Crippen molar-refractivity contribution in [2.45, 2.75) is 56.5 Å². The van der Waals surface area contributed by atoms with Gasteiger partial charge >= 0.3 is 0 Å². The molecule has 4 rings (SSSR count). The topological polar surface area (TPSA) is 81.1 Å². The SMILES string of the molecule is O=C(CCC1CCCCC1)Nc1c2c(nn1-c1ccc(Cl)cc1)CS(=O)(=O)C2. The molecule has 2 heterocycles. The number of halogens is 1. The van der Waals surface area contributed by atoms with E-state index in [4.69, 9.17) is 11.6 Å². The number of carbonyl (C=O) groups is 1. The fraction of sp³-hybridized carbons (Fsp3) is 0.500. The third kappa shape index (κ3) is 4.25. The molecule has 0 atom stereocenters. The van der Waals surface area contributed by atoms with Gasteiger partial charge in [0.1, 0.15) is 5.82 Å². The highest BCUT2D eigenvalue weighted by Gasteiger charge is 2.33. The average Bonchev–Trinajstić information content (AvgIpc) is 3.14. The van der Waals surface area contributed by atoms with Gasteiger partial charge in [0.05, 0.1) is 22.9 Å². The molecule has 1 aromatic heterocycles. The Morgan fingerprint density at radius 3 is 2.57 bits per heavy atom. The second-order valence-corrected chi connectivity index (χ2v) is 10.3. The molecule has 1 fully saturated rings. The number of nitrogens with one attached hydrogen (secondary N) is 1. The number of fused-ring (bicyclic) bond motifs is 1. The van der Waals surface area contributed by atoms with E-state index in [1.165, 1.54) is 32.1 Å². The van der Waals surface area contributed by atoms with Crippen LogP contribution in [0, 0.1) is 5.92 Å². The molecule has 1 aliphatic heterocycles. The molecule has 2 aliphatic rings. The Labute approximate surface area is 170 Å². The van der Waals surface area contributed by atoms with Crippen molar-refractivity contribution < 1.29 is 13.2 Å². The van der Waals surface area contributed by atoms with Gasteiger partial charge in [-0.3, -0.25) is 4.79 Å². The Bertz CT molecular complexity index is 977. The zero-order valence-electron chi connectivity index (χ0n) is 15.7. The maximum atomic E-state index is 12.6. The second kappa shape index (κ2) is 7.87. The minimum atomic E-state index is -3.20. The summed E-state index contributed by atoms with van der Waals surface area (Å²) in [5, 5.41) is 8.02. The number of anilines is 1. The van der Waals surface area contributed by atoms with E-state index in [1.807, 2.05) is 0 Å². The number of aromatic nitrogens is 2. The lowest BCUT2D eigenvalue weighted by molar-refractivity contribution is -0.116. The highest BCUT2D eigenvalue weighted by atomic mass is 35.5. The van der Waals surface area contributed by atoms with Gasteiger partial charge in [-0.2, -0.15) is 5.10 Å². The quantitative estimate of drug-likeness (QED) is 0.782. The Hall–Kier alpha value is -1.86. The van der Waals surface area contributed by atoms with E-state index in [2.05, 4.69) is 10.4 Å². The molecule has 6 nitrogen and oxygen atoms in total. The van der Waals surface area contributed by atoms with E-state index in [-0.39, 0.29) is 17.4 Å². The minimum absolute atomic E-state index is 0.0891. The maximum Gasteiger partial charge on any atom is 0.225 e. The first-order chi connectivity index (χ1) is 13.4. The molecule has 1 amide bonds. The summed E-state index contributed by atoms with van der Waals surface area (Å²) in [6.07, 6.45) is 7.51. The van der Waals surface area contributed by atoms with E-state index in [0.29, 0.717) is 34.4 Å². The molecule has 28 heavy (non-hydrogen) atoms. The van der Waals surface area contributed by atoms with Crippen LogP contribution in [-0.4, -0.2) is 24.1 Å². The summed E-state index contributed by atoms with van der Waals surface area (Å²) in [5.41, 5.74) is 1.84. The minimum Gasteiger partial charge on any atom is -0.310 e. The van der Waals surface area contributed by atoms with Crippen molar-refractivity contribution in [1.82, 2.24) is 9.78 Å². The van der Waals surface area contributed by atoms with Crippen LogP contribution in [0.3, 0.4) is 0 Å². The van der Waals surface area contributed by atoms with E-state index in [1.54, 1.807) is 28.9 Å². The fourth-order valence-electron chi connectivity index (χ4n) is 4.15. The standard InChI is InChI=1S/C20H24ClN3O3S/c21-15-7-9-16(10-8-15)24-20(17-12-28(26,27)13-18(17)23-24)22-19(25)11-6-14-4-2-1-3-5-14/h7-10,14H,1-6,11-13H2,(H,22,25). The van der Waals surface area contributed by atoms with Crippen LogP contribution in [0.4, 0.5) is 5.82 Å². The molecule has 1 aliphatic carbocycles. The summed E-state index contributed by atoms with van der Waals surface area (Å²) in [5.74, 6) is 0.814. The zero-order chi connectivity index (χ0) is 19.7. The van der Waals surface area contributed by atoms with Crippen LogP contribution in [0.15, 0.2) is 24.3 Å². The average molecular weight is 422 g/mol. The van der Waals surface area contributed by atoms with Crippen LogP contribution < -0.4 is 5.32 Å². The van der Waals surface area contributed by atoms with Crippen LogP contribution in [0.2, 0.25) is 5.02 Å². The van der Waals surface area contributed by atoms with E-state index in [0.717, 1.165) is 12.1 Å². The maximum absolute atomic E-state index is 12.6. The number of amides is 1. The summed E-state index contributed by atoms with van der Waals surface area (Å²) < 4.78 is 25.7. The highest BCUT2D eigenvalue weighted by Crippen LogP contribution is 2.33. The molecule has 150 valence electrons. The molecule has 1 saturated carbocycles. The molecule has 8 heteroatoms. The number of hydrogen-bond donors (Lipinski definition) is 1. The lowest BCUT2D eigenvalue weighted by Crippen LogP contribution is -2.18. The zero-order valence-corrected chi connectivity index (χ0v) is 17.2. The molecule has 1 aromatic carbocycles. The molecule has 0 unspecified atom stereocenters. The van der Waals surface area contributed by atoms with E-state index >= 15 is 0 Å². The van der Waals surface area contributed by atoms with Gasteiger partial charge in [0.15, 0.2) is 9.84 Å². The van der Waals surface area contributed by atoms with Crippen molar-refractivity contribution >= 4 is 33.2 Å². The Morgan fingerprint density at radius 1 is 1.14 bits per heavy atom. The summed E-state index contributed by atoms with van der Waals surface area (Å²) in [7, 11) is -3.20. The smallest absolute Gasteiger partial charge is 0.225 e. The Kier molecular flexibility index (Phi) is 5.47. The molecule has 2 aromatic rings. The largest absolute Gasteiger partial charge is 0.310 e.